The molecule has 0 bridgehead atoms. The van der Waals surface area contributed by atoms with E-state index in [1.54, 1.807) is 0 Å². The average Bonchev–Trinajstić information content (AvgIpc) is 2.77. The molecule has 0 aliphatic carbocycles. The van der Waals surface area contributed by atoms with Crippen LogP contribution in [0.4, 0.5) is 11.6 Å². The standard InChI is InChI=1S/C12H21N5/c1-9-15-11(14-3)6-12(16-9)17-5-4-10(8-17)7-13-2/h6,10,13H,4-5,7-8H2,1-3H3,(H,14,15,16). The fourth-order valence-electron chi connectivity index (χ4n) is 2.34. The summed E-state index contributed by atoms with van der Waals surface area (Å²) in [5.41, 5.74) is 0. The minimum atomic E-state index is 0.730. The first-order chi connectivity index (χ1) is 8.22. The molecular weight excluding hydrogens is 214 g/mol. The molecule has 0 radical (unpaired) electrons. The molecule has 0 saturated carbocycles. The molecule has 0 amide bonds. The first-order valence-electron chi connectivity index (χ1n) is 6.16. The van der Waals surface area contributed by atoms with Crippen molar-refractivity contribution in [1.82, 2.24) is 15.3 Å². The zero-order chi connectivity index (χ0) is 12.3. The molecule has 1 fully saturated rings. The molecule has 1 aliphatic heterocycles. The van der Waals surface area contributed by atoms with Crippen LogP contribution < -0.4 is 15.5 Å². The maximum absolute atomic E-state index is 4.51. The highest BCUT2D eigenvalue weighted by Crippen LogP contribution is 2.23. The van der Waals surface area contributed by atoms with Crippen molar-refractivity contribution >= 4 is 11.6 Å². The van der Waals surface area contributed by atoms with Crippen molar-refractivity contribution < 1.29 is 0 Å². The van der Waals surface area contributed by atoms with E-state index >= 15 is 0 Å². The highest BCUT2D eigenvalue weighted by atomic mass is 15.2. The molecule has 1 aromatic rings. The smallest absolute Gasteiger partial charge is 0.134 e. The van der Waals surface area contributed by atoms with Crippen molar-refractivity contribution in [2.24, 2.45) is 5.92 Å². The molecule has 1 unspecified atom stereocenters. The van der Waals surface area contributed by atoms with E-state index in [0.717, 1.165) is 43.0 Å². The highest BCUT2D eigenvalue weighted by Gasteiger charge is 2.23. The minimum absolute atomic E-state index is 0.730. The van der Waals surface area contributed by atoms with Crippen molar-refractivity contribution in [3.8, 4) is 0 Å². The zero-order valence-corrected chi connectivity index (χ0v) is 10.8. The van der Waals surface area contributed by atoms with Crippen LogP contribution in [-0.4, -0.2) is 43.7 Å². The van der Waals surface area contributed by atoms with Crippen molar-refractivity contribution in [3.05, 3.63) is 11.9 Å². The van der Waals surface area contributed by atoms with Gasteiger partial charge in [-0.1, -0.05) is 0 Å². The van der Waals surface area contributed by atoms with Crippen LogP contribution in [0.25, 0.3) is 0 Å². The number of aromatic nitrogens is 2. The van der Waals surface area contributed by atoms with Gasteiger partial charge in [0.2, 0.25) is 0 Å². The quantitative estimate of drug-likeness (QED) is 0.811. The van der Waals surface area contributed by atoms with Crippen molar-refractivity contribution in [1.29, 1.82) is 0 Å². The predicted molar refractivity (Wildman–Crippen MR) is 70.6 cm³/mol. The van der Waals surface area contributed by atoms with Crippen LogP contribution >= 0.6 is 0 Å². The first kappa shape index (κ1) is 12.1. The van der Waals surface area contributed by atoms with Crippen molar-refractivity contribution in [3.63, 3.8) is 0 Å². The Morgan fingerprint density at radius 2 is 2.24 bits per heavy atom. The summed E-state index contributed by atoms with van der Waals surface area (Å²) in [7, 11) is 3.90. The number of hydrogen-bond donors (Lipinski definition) is 2. The van der Waals surface area contributed by atoms with Crippen molar-refractivity contribution in [2.75, 3.05) is 43.9 Å². The summed E-state index contributed by atoms with van der Waals surface area (Å²) >= 11 is 0. The van der Waals surface area contributed by atoms with Gasteiger partial charge in [0.15, 0.2) is 0 Å². The van der Waals surface area contributed by atoms with Crippen LogP contribution in [0.15, 0.2) is 6.07 Å². The van der Waals surface area contributed by atoms with Crippen LogP contribution in [-0.2, 0) is 0 Å². The van der Waals surface area contributed by atoms with Gasteiger partial charge < -0.3 is 15.5 Å². The monoisotopic (exact) mass is 235 g/mol. The molecular formula is C12H21N5. The third-order valence-corrected chi connectivity index (χ3v) is 3.18. The lowest BCUT2D eigenvalue weighted by Gasteiger charge is -2.18. The Bertz CT molecular complexity index is 379. The second kappa shape index (κ2) is 5.31. The Morgan fingerprint density at radius 1 is 1.41 bits per heavy atom. The SMILES string of the molecule is CNCC1CCN(c2cc(NC)nc(C)n2)C1. The number of nitrogens with one attached hydrogen (secondary N) is 2. The topological polar surface area (TPSA) is 53.1 Å². The van der Waals surface area contributed by atoms with E-state index < -0.39 is 0 Å². The number of nitrogens with zero attached hydrogens (tertiary/aromatic N) is 3. The van der Waals surface area contributed by atoms with Gasteiger partial charge in [0, 0.05) is 26.2 Å². The van der Waals surface area contributed by atoms with Crippen molar-refractivity contribution in [2.45, 2.75) is 13.3 Å². The van der Waals surface area contributed by atoms with E-state index in [1.807, 2.05) is 27.1 Å². The van der Waals surface area contributed by atoms with Crippen LogP contribution in [0, 0.1) is 12.8 Å². The largest absolute Gasteiger partial charge is 0.373 e. The Balaban J connectivity index is 2.10. The van der Waals surface area contributed by atoms with E-state index in [1.165, 1.54) is 6.42 Å². The van der Waals surface area contributed by atoms with Crippen LogP contribution in [0.5, 0.6) is 0 Å². The van der Waals surface area contributed by atoms with Gasteiger partial charge in [-0.05, 0) is 32.9 Å². The third kappa shape index (κ3) is 2.85. The molecule has 5 nitrogen and oxygen atoms in total. The molecule has 1 atom stereocenters. The normalized spacial score (nSPS) is 19.7. The summed E-state index contributed by atoms with van der Waals surface area (Å²) in [6.45, 7) is 5.19. The Kier molecular flexibility index (Phi) is 3.78. The molecule has 0 spiro atoms. The molecule has 1 aromatic heterocycles. The minimum Gasteiger partial charge on any atom is -0.373 e. The van der Waals surface area contributed by atoms with Crippen LogP contribution in [0.2, 0.25) is 0 Å². The molecule has 1 saturated heterocycles. The maximum atomic E-state index is 4.51. The fraction of sp³-hybridized carbons (Fsp3) is 0.667. The zero-order valence-electron chi connectivity index (χ0n) is 10.8. The molecule has 2 rings (SSSR count). The molecule has 0 aromatic carbocycles. The van der Waals surface area contributed by atoms with Gasteiger partial charge in [0.25, 0.3) is 0 Å². The molecule has 94 valence electrons. The number of aryl methyl sites for hydroxylation is 1. The number of rotatable bonds is 4. The summed E-state index contributed by atoms with van der Waals surface area (Å²) in [6, 6.07) is 2.02. The van der Waals surface area contributed by atoms with Gasteiger partial charge in [-0.3, -0.25) is 0 Å². The van der Waals surface area contributed by atoms with Gasteiger partial charge in [0.05, 0.1) is 0 Å². The predicted octanol–water partition coefficient (Wildman–Crippen LogP) is 0.872. The summed E-state index contributed by atoms with van der Waals surface area (Å²) in [5, 5.41) is 6.32. The molecule has 5 heteroatoms. The second-order valence-electron chi connectivity index (χ2n) is 4.57. The van der Waals surface area contributed by atoms with Gasteiger partial charge in [-0.15, -0.1) is 0 Å². The highest BCUT2D eigenvalue weighted by molar-refractivity contribution is 5.49. The lowest BCUT2D eigenvalue weighted by Crippen LogP contribution is -2.25. The number of anilines is 2. The van der Waals surface area contributed by atoms with E-state index in [0.29, 0.717) is 0 Å². The Labute approximate surface area is 103 Å². The van der Waals surface area contributed by atoms with Gasteiger partial charge in [-0.2, -0.15) is 0 Å². The van der Waals surface area contributed by atoms with E-state index in [-0.39, 0.29) is 0 Å². The summed E-state index contributed by atoms with van der Waals surface area (Å²) in [6.07, 6.45) is 1.23. The number of hydrogen-bond acceptors (Lipinski definition) is 5. The first-order valence-corrected chi connectivity index (χ1v) is 6.16. The summed E-state index contributed by atoms with van der Waals surface area (Å²) in [4.78, 5) is 11.2. The maximum Gasteiger partial charge on any atom is 0.134 e. The Hall–Kier alpha value is -1.36. The molecule has 17 heavy (non-hydrogen) atoms. The lowest BCUT2D eigenvalue weighted by atomic mass is 10.1. The van der Waals surface area contributed by atoms with E-state index in [9.17, 15) is 0 Å². The fourth-order valence-corrected chi connectivity index (χ4v) is 2.34. The Morgan fingerprint density at radius 3 is 2.94 bits per heavy atom. The van der Waals surface area contributed by atoms with E-state index in [2.05, 4.69) is 25.5 Å². The van der Waals surface area contributed by atoms with Gasteiger partial charge in [-0.25, -0.2) is 9.97 Å². The molecule has 1 aliphatic rings. The van der Waals surface area contributed by atoms with Gasteiger partial charge in [0.1, 0.15) is 17.5 Å². The third-order valence-electron chi connectivity index (χ3n) is 3.18. The molecule has 2 heterocycles. The van der Waals surface area contributed by atoms with Crippen LogP contribution in [0.3, 0.4) is 0 Å². The molecule has 2 N–H and O–H groups in total. The summed E-state index contributed by atoms with van der Waals surface area (Å²) < 4.78 is 0. The van der Waals surface area contributed by atoms with Crippen LogP contribution in [0.1, 0.15) is 12.2 Å². The summed E-state index contributed by atoms with van der Waals surface area (Å²) in [5.74, 6) is 3.49. The van der Waals surface area contributed by atoms with E-state index in [4.69, 9.17) is 0 Å². The average molecular weight is 235 g/mol. The second-order valence-corrected chi connectivity index (χ2v) is 4.57. The lowest BCUT2D eigenvalue weighted by molar-refractivity contribution is 0.549. The van der Waals surface area contributed by atoms with Gasteiger partial charge >= 0.3 is 0 Å².